The first-order valence-electron chi connectivity index (χ1n) is 10.3. The van der Waals surface area contributed by atoms with Gasteiger partial charge in [-0.25, -0.2) is 26.3 Å². The Balaban J connectivity index is 1.47. The number of benzene rings is 2. The van der Waals surface area contributed by atoms with Crippen LogP contribution in [0.3, 0.4) is 0 Å². The molecule has 33 heavy (non-hydrogen) atoms. The summed E-state index contributed by atoms with van der Waals surface area (Å²) in [6.07, 6.45) is 1.53. The molecule has 1 amide bonds. The van der Waals surface area contributed by atoms with E-state index in [4.69, 9.17) is 9.47 Å². The van der Waals surface area contributed by atoms with Crippen LogP contribution in [0.15, 0.2) is 58.3 Å². The van der Waals surface area contributed by atoms with Gasteiger partial charge in [0.15, 0.2) is 0 Å². The van der Waals surface area contributed by atoms with Crippen LogP contribution in [0.4, 0.5) is 5.69 Å². The van der Waals surface area contributed by atoms with Gasteiger partial charge in [0.1, 0.15) is 5.75 Å². The Hall–Kier alpha value is -2.51. The molecule has 0 radical (unpaired) electrons. The first-order chi connectivity index (χ1) is 15.7. The van der Waals surface area contributed by atoms with Crippen LogP contribution in [0.5, 0.6) is 5.75 Å². The van der Waals surface area contributed by atoms with Crippen LogP contribution in [0, 0.1) is 0 Å². The van der Waals surface area contributed by atoms with Gasteiger partial charge in [-0.05, 0) is 61.4 Å². The van der Waals surface area contributed by atoms with Crippen molar-refractivity contribution in [2.75, 3.05) is 32.1 Å². The van der Waals surface area contributed by atoms with Gasteiger partial charge in [0.05, 0.1) is 23.0 Å². The van der Waals surface area contributed by atoms with Gasteiger partial charge in [-0.3, -0.25) is 4.79 Å². The molecular weight excluding hydrogens is 470 g/mol. The van der Waals surface area contributed by atoms with Gasteiger partial charge in [0.2, 0.25) is 26.0 Å². The fourth-order valence-corrected chi connectivity index (χ4v) is 5.27. The zero-order valence-electron chi connectivity index (χ0n) is 18.1. The van der Waals surface area contributed by atoms with Crippen LogP contribution in [-0.2, 0) is 29.6 Å². The molecule has 1 unspecified atom stereocenters. The molecule has 1 heterocycles. The number of hydrogen-bond acceptors (Lipinski definition) is 7. The highest BCUT2D eigenvalue weighted by atomic mass is 32.2. The van der Waals surface area contributed by atoms with E-state index in [1.54, 1.807) is 0 Å². The highest BCUT2D eigenvalue weighted by Gasteiger charge is 2.20. The number of ether oxygens (including phenoxy) is 2. The van der Waals surface area contributed by atoms with E-state index in [9.17, 15) is 21.6 Å². The molecule has 1 aliphatic heterocycles. The molecule has 0 aromatic heterocycles. The molecule has 0 aliphatic carbocycles. The fourth-order valence-electron chi connectivity index (χ4n) is 3.17. The Labute approximate surface area is 193 Å². The summed E-state index contributed by atoms with van der Waals surface area (Å²) in [7, 11) is -5.95. The fraction of sp³-hybridized carbons (Fsp3) is 0.381. The van der Waals surface area contributed by atoms with Crippen molar-refractivity contribution in [3.05, 3.63) is 48.5 Å². The van der Waals surface area contributed by atoms with Crippen LogP contribution in [0.2, 0.25) is 0 Å². The van der Waals surface area contributed by atoms with E-state index in [2.05, 4.69) is 14.8 Å². The highest BCUT2D eigenvalue weighted by Crippen LogP contribution is 2.17. The van der Waals surface area contributed by atoms with Crippen LogP contribution in [-0.4, -0.2) is 55.7 Å². The molecule has 0 saturated carbocycles. The van der Waals surface area contributed by atoms with Gasteiger partial charge < -0.3 is 14.8 Å². The van der Waals surface area contributed by atoms with E-state index >= 15 is 0 Å². The largest absolute Gasteiger partial charge is 0.497 e. The number of nitrogens with one attached hydrogen (secondary N) is 3. The molecule has 2 aromatic carbocycles. The molecule has 3 rings (SSSR count). The third kappa shape index (κ3) is 7.24. The molecular formula is C21H27N3O7S2. The molecule has 0 bridgehead atoms. The lowest BCUT2D eigenvalue weighted by Gasteiger charge is -2.12. The van der Waals surface area contributed by atoms with Crippen LogP contribution < -0.4 is 19.5 Å². The van der Waals surface area contributed by atoms with E-state index in [0.717, 1.165) is 12.8 Å². The lowest BCUT2D eigenvalue weighted by Crippen LogP contribution is -2.31. The Morgan fingerprint density at radius 3 is 2.15 bits per heavy atom. The predicted molar refractivity (Wildman–Crippen MR) is 122 cm³/mol. The standard InChI is InChI=1S/C21H27N3O7S2/c1-30-17-6-10-20(11-7-17)32(26,27)22-13-12-21(25)24-16-4-8-19(9-5-16)33(28,29)23-15-18-3-2-14-31-18/h4-11,18,22-23H,2-3,12-15H2,1H3,(H,24,25). The second-order valence-corrected chi connectivity index (χ2v) is 10.9. The average molecular weight is 498 g/mol. The van der Waals surface area contributed by atoms with Gasteiger partial charge in [-0.2, -0.15) is 0 Å². The van der Waals surface area contributed by atoms with Crippen molar-refractivity contribution in [3.8, 4) is 5.75 Å². The van der Waals surface area contributed by atoms with Crippen molar-refractivity contribution in [2.24, 2.45) is 0 Å². The summed E-state index contributed by atoms with van der Waals surface area (Å²) >= 11 is 0. The minimum Gasteiger partial charge on any atom is -0.497 e. The summed E-state index contributed by atoms with van der Waals surface area (Å²) in [6, 6.07) is 11.6. The summed E-state index contributed by atoms with van der Waals surface area (Å²) in [5.74, 6) is 0.116. The van der Waals surface area contributed by atoms with E-state index in [0.29, 0.717) is 18.0 Å². The van der Waals surface area contributed by atoms with Crippen molar-refractivity contribution in [1.29, 1.82) is 0 Å². The van der Waals surface area contributed by atoms with Crippen molar-refractivity contribution in [2.45, 2.75) is 35.2 Å². The zero-order chi connectivity index (χ0) is 23.9. The van der Waals surface area contributed by atoms with Gasteiger partial charge >= 0.3 is 0 Å². The molecule has 1 saturated heterocycles. The van der Waals surface area contributed by atoms with E-state index < -0.39 is 26.0 Å². The average Bonchev–Trinajstić information content (AvgIpc) is 3.32. The summed E-state index contributed by atoms with van der Waals surface area (Å²) in [4.78, 5) is 12.3. The minimum absolute atomic E-state index is 0.0635. The van der Waals surface area contributed by atoms with Gasteiger partial charge in [0.25, 0.3) is 0 Å². The SMILES string of the molecule is COc1ccc(S(=O)(=O)NCCC(=O)Nc2ccc(S(=O)(=O)NCC3CCCO3)cc2)cc1. The van der Waals surface area contributed by atoms with Crippen LogP contribution >= 0.6 is 0 Å². The molecule has 180 valence electrons. The molecule has 3 N–H and O–H groups in total. The highest BCUT2D eigenvalue weighted by molar-refractivity contribution is 7.89. The molecule has 2 aromatic rings. The maximum Gasteiger partial charge on any atom is 0.240 e. The van der Waals surface area contributed by atoms with Crippen LogP contribution in [0.1, 0.15) is 19.3 Å². The zero-order valence-corrected chi connectivity index (χ0v) is 19.7. The third-order valence-electron chi connectivity index (χ3n) is 4.99. The van der Waals surface area contributed by atoms with Crippen molar-refractivity contribution in [3.63, 3.8) is 0 Å². The Kier molecular flexibility index (Phi) is 8.43. The second-order valence-electron chi connectivity index (χ2n) is 7.38. The topological polar surface area (TPSA) is 140 Å². The first-order valence-corrected chi connectivity index (χ1v) is 13.3. The molecule has 12 heteroatoms. The maximum absolute atomic E-state index is 12.4. The molecule has 10 nitrogen and oxygen atoms in total. The Morgan fingerprint density at radius 2 is 1.58 bits per heavy atom. The predicted octanol–water partition coefficient (Wildman–Crippen LogP) is 1.46. The molecule has 0 spiro atoms. The summed E-state index contributed by atoms with van der Waals surface area (Å²) in [6.45, 7) is 0.761. The lowest BCUT2D eigenvalue weighted by molar-refractivity contribution is -0.116. The van der Waals surface area contributed by atoms with E-state index in [1.807, 2.05) is 0 Å². The van der Waals surface area contributed by atoms with Crippen molar-refractivity contribution < 1.29 is 31.1 Å². The number of anilines is 1. The van der Waals surface area contributed by atoms with E-state index in [1.165, 1.54) is 55.6 Å². The molecule has 1 aliphatic rings. The lowest BCUT2D eigenvalue weighted by atomic mass is 10.2. The number of amides is 1. The third-order valence-corrected chi connectivity index (χ3v) is 7.90. The molecule has 1 atom stereocenters. The number of hydrogen-bond donors (Lipinski definition) is 3. The maximum atomic E-state index is 12.4. The second kappa shape index (κ2) is 11.1. The monoisotopic (exact) mass is 497 g/mol. The summed E-state index contributed by atoms with van der Waals surface area (Å²) in [5.41, 5.74) is 0.399. The first kappa shape index (κ1) is 25.1. The normalized spacial score (nSPS) is 16.5. The Bertz CT molecular complexity index is 1140. The number of carbonyl (C=O) groups is 1. The number of rotatable bonds is 11. The number of sulfonamides is 2. The smallest absolute Gasteiger partial charge is 0.240 e. The van der Waals surface area contributed by atoms with E-state index in [-0.39, 0.29) is 35.4 Å². The van der Waals surface area contributed by atoms with Crippen LogP contribution in [0.25, 0.3) is 0 Å². The van der Waals surface area contributed by atoms with Crippen molar-refractivity contribution >= 4 is 31.6 Å². The number of carbonyl (C=O) groups excluding carboxylic acids is 1. The molecule has 1 fully saturated rings. The number of methoxy groups -OCH3 is 1. The van der Waals surface area contributed by atoms with Gasteiger partial charge in [0, 0.05) is 31.8 Å². The van der Waals surface area contributed by atoms with Gasteiger partial charge in [-0.1, -0.05) is 0 Å². The summed E-state index contributed by atoms with van der Waals surface area (Å²) in [5, 5.41) is 2.61. The van der Waals surface area contributed by atoms with Gasteiger partial charge in [-0.15, -0.1) is 0 Å². The Morgan fingerprint density at radius 1 is 0.970 bits per heavy atom. The summed E-state index contributed by atoms with van der Waals surface area (Å²) < 4.78 is 64.6. The quantitative estimate of drug-likeness (QED) is 0.427. The van der Waals surface area contributed by atoms with Crippen molar-refractivity contribution in [1.82, 2.24) is 9.44 Å². The minimum atomic E-state index is -3.76.